The number of benzene rings is 1. The summed E-state index contributed by atoms with van der Waals surface area (Å²) in [6.45, 7) is 5.30. The predicted octanol–water partition coefficient (Wildman–Crippen LogP) is 4.96. The maximum absolute atomic E-state index is 14.0. The van der Waals surface area contributed by atoms with E-state index in [4.69, 9.17) is 16.3 Å². The van der Waals surface area contributed by atoms with Gasteiger partial charge >= 0.3 is 18.3 Å². The Morgan fingerprint density at radius 3 is 2.39 bits per heavy atom. The lowest BCUT2D eigenvalue weighted by Crippen LogP contribution is -2.56. The Bertz CT molecular complexity index is 1510. The molecule has 3 saturated heterocycles. The highest BCUT2D eigenvalue weighted by atomic mass is 35.5. The lowest BCUT2D eigenvalue weighted by molar-refractivity contribution is -0.143. The van der Waals surface area contributed by atoms with Gasteiger partial charge in [0, 0.05) is 76.7 Å². The van der Waals surface area contributed by atoms with E-state index < -0.39 is 29.8 Å². The van der Waals surface area contributed by atoms with Crippen LogP contribution in [0.5, 0.6) is 0 Å². The number of carbonyl (C=O) groups excluding carboxylic acids is 3. The molecule has 1 atom stereocenters. The number of fused-ring (bicyclic) bond motifs is 1. The third-order valence-electron chi connectivity index (χ3n) is 10.1. The highest BCUT2D eigenvalue weighted by molar-refractivity contribution is 7.08. The first-order valence-electron chi connectivity index (χ1n) is 16.9. The number of thiophene rings is 1. The zero-order valence-corrected chi connectivity index (χ0v) is 29.1. The largest absolute Gasteiger partial charge is 0.436 e. The zero-order valence-electron chi connectivity index (χ0n) is 27.5. The smallest absolute Gasteiger partial charge is 0.418 e. The molecular weight excluding hydrogens is 683 g/mol. The number of nitrogens with zero attached hydrogens (tertiary/aromatic N) is 4. The number of carbonyl (C=O) groups is 3. The summed E-state index contributed by atoms with van der Waals surface area (Å²) in [6.07, 6.45) is -3.14. The van der Waals surface area contributed by atoms with E-state index in [1.165, 1.54) is 18.0 Å². The number of nitrogens with one attached hydrogen (secondary N) is 3. The quantitative estimate of drug-likeness (QED) is 0.371. The molecule has 5 heterocycles. The van der Waals surface area contributed by atoms with Gasteiger partial charge in [0.25, 0.3) is 5.91 Å². The molecular formula is C33H43ClF3N7O4S. The van der Waals surface area contributed by atoms with Crippen LogP contribution in [-0.2, 0) is 28.5 Å². The molecule has 6 rings (SSSR count). The topological polar surface area (TPSA) is 109 Å². The van der Waals surface area contributed by atoms with Crippen LogP contribution in [-0.4, -0.2) is 122 Å². The minimum atomic E-state index is -4.70. The van der Waals surface area contributed by atoms with Crippen LogP contribution in [0.25, 0.3) is 0 Å². The molecule has 4 aliphatic rings. The summed E-state index contributed by atoms with van der Waals surface area (Å²) in [5, 5.41) is 12.7. The molecule has 268 valence electrons. The molecule has 0 aliphatic carbocycles. The van der Waals surface area contributed by atoms with Gasteiger partial charge in [0.15, 0.2) is 6.10 Å². The summed E-state index contributed by atoms with van der Waals surface area (Å²) in [4.78, 5) is 47.9. The first-order chi connectivity index (χ1) is 23.5. The predicted molar refractivity (Wildman–Crippen MR) is 182 cm³/mol. The molecule has 1 aromatic heterocycles. The van der Waals surface area contributed by atoms with Gasteiger partial charge in [-0.2, -0.15) is 13.2 Å². The van der Waals surface area contributed by atoms with Crippen LogP contribution in [0.15, 0.2) is 22.9 Å². The Hall–Kier alpha value is -3.27. The molecule has 4 amide bonds. The average Bonchev–Trinajstić information content (AvgIpc) is 3.47. The number of alkyl halides is 3. The number of urea groups is 1. The van der Waals surface area contributed by atoms with E-state index in [1.807, 2.05) is 15.7 Å². The van der Waals surface area contributed by atoms with Crippen molar-refractivity contribution in [3.8, 4) is 0 Å². The van der Waals surface area contributed by atoms with Gasteiger partial charge < -0.3 is 35.4 Å². The normalized spacial score (nSPS) is 20.8. The SMILES string of the molecule is CNc1c(Cl)cc(C[C@@H](OC(=O)N2CCC(N3CCc4cscc4NC3=O)CC2)C(=O)N2CCN(C3CCNCC3)CC2)cc1C(F)(F)F. The molecule has 4 aliphatic heterocycles. The third-order valence-corrected chi connectivity index (χ3v) is 11.2. The fourth-order valence-corrected chi connectivity index (χ4v) is 8.56. The Morgan fingerprint density at radius 1 is 1.00 bits per heavy atom. The lowest BCUT2D eigenvalue weighted by atomic mass is 10.0. The van der Waals surface area contributed by atoms with Crippen molar-refractivity contribution in [3.05, 3.63) is 44.6 Å². The van der Waals surface area contributed by atoms with E-state index in [9.17, 15) is 27.6 Å². The summed E-state index contributed by atoms with van der Waals surface area (Å²) >= 11 is 7.82. The summed E-state index contributed by atoms with van der Waals surface area (Å²) in [7, 11) is 1.36. The number of amides is 4. The van der Waals surface area contributed by atoms with Gasteiger partial charge in [0.2, 0.25) is 0 Å². The highest BCUT2D eigenvalue weighted by Crippen LogP contribution is 2.40. The van der Waals surface area contributed by atoms with Crippen LogP contribution < -0.4 is 16.0 Å². The molecule has 0 unspecified atom stereocenters. The summed E-state index contributed by atoms with van der Waals surface area (Å²) < 4.78 is 47.8. The number of rotatable bonds is 7. The molecule has 3 N–H and O–H groups in total. The number of hydrogen-bond donors (Lipinski definition) is 3. The van der Waals surface area contributed by atoms with E-state index in [0.717, 1.165) is 49.7 Å². The van der Waals surface area contributed by atoms with Gasteiger partial charge in [-0.25, -0.2) is 9.59 Å². The second kappa shape index (κ2) is 15.3. The molecule has 16 heteroatoms. The second-order valence-electron chi connectivity index (χ2n) is 13.1. The number of likely N-dealkylation sites (tertiary alicyclic amines) is 1. The Morgan fingerprint density at radius 2 is 1.71 bits per heavy atom. The minimum absolute atomic E-state index is 0.0704. The minimum Gasteiger partial charge on any atom is -0.436 e. The van der Waals surface area contributed by atoms with Gasteiger partial charge in [0.05, 0.1) is 22.0 Å². The van der Waals surface area contributed by atoms with Crippen molar-refractivity contribution in [3.63, 3.8) is 0 Å². The Labute approximate surface area is 293 Å². The van der Waals surface area contributed by atoms with Crippen LogP contribution in [0, 0.1) is 0 Å². The van der Waals surface area contributed by atoms with Crippen LogP contribution in [0.1, 0.15) is 42.4 Å². The van der Waals surface area contributed by atoms with Gasteiger partial charge in [-0.1, -0.05) is 11.6 Å². The molecule has 49 heavy (non-hydrogen) atoms. The Kier molecular flexibility index (Phi) is 11.1. The van der Waals surface area contributed by atoms with Gasteiger partial charge in [-0.05, 0) is 73.8 Å². The van der Waals surface area contributed by atoms with Crippen molar-refractivity contribution in [2.24, 2.45) is 0 Å². The van der Waals surface area contributed by atoms with Crippen LogP contribution >= 0.6 is 22.9 Å². The van der Waals surface area contributed by atoms with Crippen molar-refractivity contribution in [1.82, 2.24) is 24.9 Å². The molecule has 1 aromatic carbocycles. The number of halogens is 4. The van der Waals surface area contributed by atoms with Gasteiger partial charge in [-0.3, -0.25) is 9.69 Å². The van der Waals surface area contributed by atoms with E-state index in [1.54, 1.807) is 16.2 Å². The van der Waals surface area contributed by atoms with E-state index in [2.05, 4.69) is 20.9 Å². The van der Waals surface area contributed by atoms with E-state index >= 15 is 0 Å². The second-order valence-corrected chi connectivity index (χ2v) is 14.2. The van der Waals surface area contributed by atoms with Crippen molar-refractivity contribution in [2.45, 2.75) is 62.9 Å². The maximum Gasteiger partial charge on any atom is 0.418 e. The summed E-state index contributed by atoms with van der Waals surface area (Å²) in [5.74, 6) is -0.441. The number of hydrogen-bond acceptors (Lipinski definition) is 8. The molecule has 0 radical (unpaired) electrons. The van der Waals surface area contributed by atoms with Crippen molar-refractivity contribution >= 4 is 52.3 Å². The van der Waals surface area contributed by atoms with Crippen molar-refractivity contribution in [1.29, 1.82) is 0 Å². The Balaban J connectivity index is 1.13. The lowest BCUT2D eigenvalue weighted by Gasteiger charge is -2.41. The van der Waals surface area contributed by atoms with E-state index in [0.29, 0.717) is 64.7 Å². The number of ether oxygens (including phenoxy) is 1. The monoisotopic (exact) mass is 725 g/mol. The number of anilines is 2. The van der Waals surface area contributed by atoms with Crippen LogP contribution in [0.3, 0.4) is 0 Å². The van der Waals surface area contributed by atoms with Gasteiger partial charge in [-0.15, -0.1) is 11.3 Å². The van der Waals surface area contributed by atoms with Crippen molar-refractivity contribution < 1.29 is 32.3 Å². The average molecular weight is 726 g/mol. The van der Waals surface area contributed by atoms with Gasteiger partial charge in [0.1, 0.15) is 0 Å². The summed E-state index contributed by atoms with van der Waals surface area (Å²) in [5.41, 5.74) is 0.860. The molecule has 2 aromatic rings. The molecule has 3 fully saturated rings. The number of piperidine rings is 2. The third kappa shape index (κ3) is 8.21. The van der Waals surface area contributed by atoms with Crippen molar-refractivity contribution in [2.75, 3.05) is 76.6 Å². The van der Waals surface area contributed by atoms with Crippen LogP contribution in [0.2, 0.25) is 5.02 Å². The first kappa shape index (κ1) is 35.6. The fraction of sp³-hybridized carbons (Fsp3) is 0.606. The highest BCUT2D eigenvalue weighted by Gasteiger charge is 2.38. The fourth-order valence-electron chi connectivity index (χ4n) is 7.40. The molecule has 0 spiro atoms. The van der Waals surface area contributed by atoms with Crippen LogP contribution in [0.4, 0.5) is 34.1 Å². The summed E-state index contributed by atoms with van der Waals surface area (Å²) in [6, 6.07) is 2.54. The zero-order chi connectivity index (χ0) is 34.7. The molecule has 11 nitrogen and oxygen atoms in total. The maximum atomic E-state index is 14.0. The molecule has 0 saturated carbocycles. The van der Waals surface area contributed by atoms with E-state index in [-0.39, 0.29) is 34.8 Å². The first-order valence-corrected chi connectivity index (χ1v) is 18.2. The number of piperazine rings is 1. The molecule has 0 bridgehead atoms. The standard InChI is InChI=1S/C33H43ClF3N7O4S/c1-38-29-25(33(35,36)37)16-21(17-26(29)34)18-28(30(45)42-14-12-41(13-15-42)23-2-7-39-8-3-23)48-32(47)43-9-5-24(6-10-43)44-11-4-22-19-49-20-27(22)40-31(44)46/h16-17,19-20,23-24,28,38-39H,2-15,18H2,1H3,(H,40,46)/t28-/m1/s1.